The number of rotatable bonds is 5. The Labute approximate surface area is 215 Å². The minimum atomic E-state index is -0.689. The van der Waals surface area contributed by atoms with Crippen molar-refractivity contribution in [1.82, 2.24) is 0 Å². The fourth-order valence-corrected chi connectivity index (χ4v) is 6.08. The summed E-state index contributed by atoms with van der Waals surface area (Å²) in [5, 5.41) is 3.11. The molecule has 3 amide bonds. The van der Waals surface area contributed by atoms with Gasteiger partial charge in [0.05, 0.1) is 28.1 Å². The van der Waals surface area contributed by atoms with E-state index in [9.17, 15) is 19.2 Å². The van der Waals surface area contributed by atoms with Crippen molar-refractivity contribution < 1.29 is 23.9 Å². The first-order valence-electron chi connectivity index (χ1n) is 11.2. The SMILES string of the molecule is CC1=C[C@H]2C[C@H]1[C@H]1C(=O)N(c3ccc(C(=O)OCC(=O)Nc4cc(Cl)c(Br)cc4C)cc3)C(=O)[C@H]12. The molecule has 2 aromatic rings. The van der Waals surface area contributed by atoms with E-state index in [0.29, 0.717) is 20.9 Å². The third-order valence-corrected chi connectivity index (χ3v) is 8.31. The summed E-state index contributed by atoms with van der Waals surface area (Å²) in [5.41, 5.74) is 3.15. The van der Waals surface area contributed by atoms with E-state index >= 15 is 0 Å². The van der Waals surface area contributed by atoms with Gasteiger partial charge in [0.15, 0.2) is 6.61 Å². The van der Waals surface area contributed by atoms with Crippen molar-refractivity contribution in [3.63, 3.8) is 0 Å². The molecule has 180 valence electrons. The maximum atomic E-state index is 13.1. The fraction of sp³-hybridized carbons (Fsp3) is 0.308. The molecule has 9 heteroatoms. The number of nitrogens with one attached hydrogen (secondary N) is 1. The molecule has 1 N–H and O–H groups in total. The molecule has 1 aliphatic heterocycles. The summed E-state index contributed by atoms with van der Waals surface area (Å²) in [6, 6.07) is 9.47. The first kappa shape index (κ1) is 23.8. The molecule has 5 rings (SSSR count). The highest BCUT2D eigenvalue weighted by Gasteiger charge is 2.60. The number of anilines is 2. The van der Waals surface area contributed by atoms with Crippen LogP contribution in [-0.4, -0.2) is 30.3 Å². The van der Waals surface area contributed by atoms with Crippen LogP contribution in [-0.2, 0) is 19.1 Å². The van der Waals surface area contributed by atoms with Gasteiger partial charge in [-0.25, -0.2) is 4.79 Å². The minimum Gasteiger partial charge on any atom is -0.452 e. The number of benzene rings is 2. The predicted octanol–water partition coefficient (Wildman–Crippen LogP) is 4.91. The van der Waals surface area contributed by atoms with Gasteiger partial charge in [0.1, 0.15) is 0 Å². The Balaban J connectivity index is 1.21. The van der Waals surface area contributed by atoms with Crippen LogP contribution in [0.1, 0.15) is 29.3 Å². The Hall–Kier alpha value is -2.97. The second-order valence-corrected chi connectivity index (χ2v) is 10.5. The number of ether oxygens (including phenoxy) is 1. The number of hydrogen-bond acceptors (Lipinski definition) is 5. The van der Waals surface area contributed by atoms with Gasteiger partial charge in [-0.2, -0.15) is 0 Å². The molecule has 1 heterocycles. The summed E-state index contributed by atoms with van der Waals surface area (Å²) in [6.45, 7) is 3.36. The molecule has 1 saturated carbocycles. The van der Waals surface area contributed by atoms with E-state index in [2.05, 4.69) is 27.3 Å². The Morgan fingerprint density at radius 1 is 1.11 bits per heavy atom. The average molecular weight is 558 g/mol. The first-order chi connectivity index (χ1) is 16.7. The zero-order valence-corrected chi connectivity index (χ0v) is 21.4. The lowest BCUT2D eigenvalue weighted by Gasteiger charge is -2.19. The number of fused-ring (bicyclic) bond motifs is 5. The number of amides is 3. The maximum absolute atomic E-state index is 13.1. The molecular weight excluding hydrogens is 536 g/mol. The molecule has 2 bridgehead atoms. The highest BCUT2D eigenvalue weighted by atomic mass is 79.9. The van der Waals surface area contributed by atoms with Crippen LogP contribution in [0.5, 0.6) is 0 Å². The van der Waals surface area contributed by atoms with Crippen LogP contribution in [0.3, 0.4) is 0 Å². The normalized spacial score (nSPS) is 24.5. The summed E-state index contributed by atoms with van der Waals surface area (Å²) >= 11 is 9.40. The second kappa shape index (κ2) is 8.91. The van der Waals surface area contributed by atoms with E-state index in [-0.39, 0.29) is 41.0 Å². The largest absolute Gasteiger partial charge is 0.452 e. The summed E-state index contributed by atoms with van der Waals surface area (Å²) in [7, 11) is 0. The molecule has 1 saturated heterocycles. The van der Waals surface area contributed by atoms with Crippen LogP contribution in [0.15, 0.2) is 52.5 Å². The van der Waals surface area contributed by atoms with Crippen LogP contribution in [0, 0.1) is 30.6 Å². The average Bonchev–Trinajstić information content (AvgIpc) is 3.46. The smallest absolute Gasteiger partial charge is 0.338 e. The van der Waals surface area contributed by atoms with E-state index in [0.717, 1.165) is 12.0 Å². The van der Waals surface area contributed by atoms with Crippen molar-refractivity contribution in [2.45, 2.75) is 20.3 Å². The van der Waals surface area contributed by atoms with Gasteiger partial charge < -0.3 is 10.1 Å². The van der Waals surface area contributed by atoms with Crippen molar-refractivity contribution in [2.75, 3.05) is 16.8 Å². The molecule has 4 atom stereocenters. The molecule has 7 nitrogen and oxygen atoms in total. The number of allylic oxidation sites excluding steroid dienone is 2. The zero-order valence-electron chi connectivity index (χ0n) is 19.0. The van der Waals surface area contributed by atoms with Gasteiger partial charge in [-0.1, -0.05) is 23.3 Å². The van der Waals surface area contributed by atoms with Crippen LogP contribution >= 0.6 is 27.5 Å². The highest BCUT2D eigenvalue weighted by Crippen LogP contribution is 2.55. The van der Waals surface area contributed by atoms with Crippen molar-refractivity contribution >= 4 is 62.6 Å². The molecule has 0 unspecified atom stereocenters. The van der Waals surface area contributed by atoms with E-state index in [1.54, 1.807) is 24.3 Å². The quantitative estimate of drug-likeness (QED) is 0.320. The van der Waals surface area contributed by atoms with E-state index in [1.165, 1.54) is 22.6 Å². The van der Waals surface area contributed by atoms with Crippen LogP contribution in [0.25, 0.3) is 0 Å². The van der Waals surface area contributed by atoms with Gasteiger partial charge >= 0.3 is 5.97 Å². The zero-order chi connectivity index (χ0) is 25.0. The van der Waals surface area contributed by atoms with Crippen molar-refractivity contribution in [2.24, 2.45) is 23.7 Å². The lowest BCUT2D eigenvalue weighted by atomic mass is 9.82. The molecule has 0 spiro atoms. The maximum Gasteiger partial charge on any atom is 0.338 e. The summed E-state index contributed by atoms with van der Waals surface area (Å²) in [6.07, 6.45) is 3.00. The lowest BCUT2D eigenvalue weighted by molar-refractivity contribution is -0.123. The summed E-state index contributed by atoms with van der Waals surface area (Å²) in [4.78, 5) is 52.0. The third-order valence-electron chi connectivity index (χ3n) is 7.12. The number of hydrogen-bond donors (Lipinski definition) is 1. The molecular formula is C26H22BrClN2O5. The van der Waals surface area contributed by atoms with E-state index < -0.39 is 18.5 Å². The van der Waals surface area contributed by atoms with Gasteiger partial charge in [0, 0.05) is 10.2 Å². The highest BCUT2D eigenvalue weighted by molar-refractivity contribution is 9.10. The molecule has 0 aromatic heterocycles. The molecule has 3 aliphatic rings. The first-order valence-corrected chi connectivity index (χ1v) is 12.4. The molecule has 2 aliphatic carbocycles. The molecule has 35 heavy (non-hydrogen) atoms. The van der Waals surface area contributed by atoms with Crippen LogP contribution in [0.2, 0.25) is 5.02 Å². The Bertz CT molecular complexity index is 1310. The number of esters is 1. The Morgan fingerprint density at radius 2 is 1.80 bits per heavy atom. The molecule has 2 fully saturated rings. The van der Waals surface area contributed by atoms with E-state index in [4.69, 9.17) is 16.3 Å². The summed E-state index contributed by atoms with van der Waals surface area (Å²) < 4.78 is 5.84. The van der Waals surface area contributed by atoms with Crippen molar-refractivity contribution in [3.05, 3.63) is 68.7 Å². The second-order valence-electron chi connectivity index (χ2n) is 9.23. The Kier molecular flexibility index (Phi) is 6.05. The van der Waals surface area contributed by atoms with Crippen molar-refractivity contribution in [1.29, 1.82) is 0 Å². The number of halogens is 2. The van der Waals surface area contributed by atoms with Gasteiger partial charge in [0.2, 0.25) is 11.8 Å². The fourth-order valence-electron chi connectivity index (χ4n) is 5.46. The molecule has 2 aromatic carbocycles. The standard InChI is InChI=1S/C26H22BrClN2O5/c1-12-7-15-9-17(12)23-22(15)24(32)30(25(23)33)16-5-3-14(4-6-16)26(34)35-11-21(31)29-20-10-19(28)18(27)8-13(20)2/h3-8,10,15,17,22-23H,9,11H2,1-2H3,(H,29,31)/t15-,17+,22-,23+/m0/s1. The van der Waals surface area contributed by atoms with Gasteiger partial charge in [-0.15, -0.1) is 0 Å². The number of carbonyl (C=O) groups is 4. The number of nitrogens with zero attached hydrogens (tertiary/aromatic N) is 1. The Morgan fingerprint density at radius 3 is 2.51 bits per heavy atom. The lowest BCUT2D eigenvalue weighted by Crippen LogP contribution is -2.33. The van der Waals surface area contributed by atoms with Gasteiger partial charge in [-0.3, -0.25) is 19.3 Å². The predicted molar refractivity (Wildman–Crippen MR) is 134 cm³/mol. The van der Waals surface area contributed by atoms with E-state index in [1.807, 2.05) is 13.8 Å². The monoisotopic (exact) mass is 556 g/mol. The summed E-state index contributed by atoms with van der Waals surface area (Å²) in [5.74, 6) is -1.84. The minimum absolute atomic E-state index is 0.129. The molecule has 0 radical (unpaired) electrons. The van der Waals surface area contributed by atoms with Gasteiger partial charge in [0.25, 0.3) is 5.91 Å². The van der Waals surface area contributed by atoms with Gasteiger partial charge in [-0.05, 0) is 90.0 Å². The van der Waals surface area contributed by atoms with Crippen LogP contribution in [0.4, 0.5) is 11.4 Å². The number of aryl methyl sites for hydroxylation is 1. The number of carbonyl (C=O) groups excluding carboxylic acids is 4. The van der Waals surface area contributed by atoms with Crippen LogP contribution < -0.4 is 10.2 Å². The number of imide groups is 1. The third kappa shape index (κ3) is 4.08. The van der Waals surface area contributed by atoms with Crippen molar-refractivity contribution in [3.8, 4) is 0 Å². The topological polar surface area (TPSA) is 92.8 Å².